The largest absolute Gasteiger partial charge is 0.491 e. The van der Waals surface area contributed by atoms with Crippen molar-refractivity contribution in [1.29, 1.82) is 0 Å². The van der Waals surface area contributed by atoms with Gasteiger partial charge in [-0.1, -0.05) is 32.0 Å². The number of nitrogens with one attached hydrogen (secondary N) is 1. The van der Waals surface area contributed by atoms with E-state index in [0.717, 1.165) is 16.6 Å². The maximum absolute atomic E-state index is 12.5. The van der Waals surface area contributed by atoms with Gasteiger partial charge in [-0.25, -0.2) is 4.98 Å². The van der Waals surface area contributed by atoms with Gasteiger partial charge in [-0.2, -0.15) is 0 Å². The molecule has 1 heterocycles. The number of nitrogens with zero attached hydrogens (tertiary/aromatic N) is 1. The molecule has 0 spiro atoms. The molecule has 1 aromatic carbocycles. The summed E-state index contributed by atoms with van der Waals surface area (Å²) in [5, 5.41) is 3.75. The van der Waals surface area contributed by atoms with Crippen LogP contribution in [0.15, 0.2) is 24.3 Å². The van der Waals surface area contributed by atoms with Gasteiger partial charge in [0.2, 0.25) is 0 Å². The summed E-state index contributed by atoms with van der Waals surface area (Å²) in [4.78, 5) is 17.0. The van der Waals surface area contributed by atoms with Crippen LogP contribution in [0.3, 0.4) is 0 Å². The van der Waals surface area contributed by atoms with Crippen LogP contribution in [0.1, 0.15) is 50.7 Å². The van der Waals surface area contributed by atoms with E-state index >= 15 is 0 Å². The quantitative estimate of drug-likeness (QED) is 0.924. The number of carbonyl (C=O) groups excluding carboxylic acids is 1. The number of pyridine rings is 1. The summed E-state index contributed by atoms with van der Waals surface area (Å²) in [6, 6.07) is 7.70. The molecule has 4 heteroatoms. The van der Waals surface area contributed by atoms with Crippen molar-refractivity contribution in [3.63, 3.8) is 0 Å². The summed E-state index contributed by atoms with van der Waals surface area (Å²) >= 11 is 0. The van der Waals surface area contributed by atoms with Crippen molar-refractivity contribution in [2.24, 2.45) is 0 Å². The molecule has 0 fully saturated rings. The SMILES string of the molecule is CC.CCOc1c(C)nc2ccccc2c1C(=O)NC(C)C. The summed E-state index contributed by atoms with van der Waals surface area (Å²) in [6.07, 6.45) is 0. The normalized spacial score (nSPS) is 10.1. The average Bonchev–Trinajstić information content (AvgIpc) is 2.49. The summed E-state index contributed by atoms with van der Waals surface area (Å²) in [5.41, 5.74) is 2.12. The van der Waals surface area contributed by atoms with Crippen LogP contribution < -0.4 is 10.1 Å². The van der Waals surface area contributed by atoms with E-state index in [4.69, 9.17) is 4.74 Å². The number of benzene rings is 1. The third kappa shape index (κ3) is 3.97. The predicted octanol–water partition coefficient (Wildman–Crippen LogP) is 4.11. The van der Waals surface area contributed by atoms with E-state index in [-0.39, 0.29) is 11.9 Å². The molecule has 2 aromatic rings. The first kappa shape index (κ1) is 18.0. The van der Waals surface area contributed by atoms with Crippen LogP contribution in [0.4, 0.5) is 0 Å². The summed E-state index contributed by atoms with van der Waals surface area (Å²) < 4.78 is 5.66. The molecule has 1 aromatic heterocycles. The molecule has 22 heavy (non-hydrogen) atoms. The molecule has 0 unspecified atom stereocenters. The van der Waals surface area contributed by atoms with E-state index in [1.54, 1.807) is 0 Å². The van der Waals surface area contributed by atoms with Gasteiger partial charge in [-0.15, -0.1) is 0 Å². The van der Waals surface area contributed by atoms with Gasteiger partial charge in [0.15, 0.2) is 5.75 Å². The van der Waals surface area contributed by atoms with Crippen molar-refractivity contribution < 1.29 is 9.53 Å². The highest BCUT2D eigenvalue weighted by molar-refractivity contribution is 6.08. The lowest BCUT2D eigenvalue weighted by Crippen LogP contribution is -2.31. The fraction of sp³-hybridized carbons (Fsp3) is 0.444. The summed E-state index contributed by atoms with van der Waals surface area (Å²) in [5.74, 6) is 0.453. The second-order valence-electron chi connectivity index (χ2n) is 4.98. The summed E-state index contributed by atoms with van der Waals surface area (Å²) in [6.45, 7) is 12.1. The number of ether oxygens (including phenoxy) is 1. The number of aromatic nitrogens is 1. The topological polar surface area (TPSA) is 51.2 Å². The van der Waals surface area contributed by atoms with E-state index in [1.807, 2.05) is 65.8 Å². The zero-order valence-electron chi connectivity index (χ0n) is 14.4. The zero-order valence-corrected chi connectivity index (χ0v) is 14.4. The molecular formula is C18H26N2O2. The van der Waals surface area contributed by atoms with Crippen LogP contribution in [0.25, 0.3) is 10.9 Å². The van der Waals surface area contributed by atoms with Crippen LogP contribution in [0.2, 0.25) is 0 Å². The highest BCUT2D eigenvalue weighted by Crippen LogP contribution is 2.29. The third-order valence-corrected chi connectivity index (χ3v) is 2.95. The highest BCUT2D eigenvalue weighted by atomic mass is 16.5. The minimum absolute atomic E-state index is 0.0733. The smallest absolute Gasteiger partial charge is 0.256 e. The molecular weight excluding hydrogens is 276 g/mol. The van der Waals surface area contributed by atoms with E-state index < -0.39 is 0 Å². The molecule has 0 aliphatic heterocycles. The van der Waals surface area contributed by atoms with Gasteiger partial charge in [0.05, 0.1) is 23.4 Å². The van der Waals surface area contributed by atoms with E-state index in [2.05, 4.69) is 10.3 Å². The van der Waals surface area contributed by atoms with Crippen molar-refractivity contribution >= 4 is 16.8 Å². The molecule has 0 aliphatic carbocycles. The van der Waals surface area contributed by atoms with Crippen LogP contribution in [-0.4, -0.2) is 23.5 Å². The number of carbonyl (C=O) groups is 1. The molecule has 0 bridgehead atoms. The lowest BCUT2D eigenvalue weighted by atomic mass is 10.1. The third-order valence-electron chi connectivity index (χ3n) is 2.95. The van der Waals surface area contributed by atoms with Crippen LogP contribution >= 0.6 is 0 Å². The first-order valence-corrected chi connectivity index (χ1v) is 7.87. The van der Waals surface area contributed by atoms with Gasteiger partial charge in [0, 0.05) is 11.4 Å². The van der Waals surface area contributed by atoms with Crippen molar-refractivity contribution in [3.05, 3.63) is 35.5 Å². The number of fused-ring (bicyclic) bond motifs is 1. The standard InChI is InChI=1S/C16H20N2O2.C2H6/c1-5-20-15-11(4)18-13-9-7-6-8-12(13)14(15)16(19)17-10(2)3;1-2/h6-10H,5H2,1-4H3,(H,17,19);1-2H3. The highest BCUT2D eigenvalue weighted by Gasteiger charge is 2.20. The van der Waals surface area contributed by atoms with Crippen molar-refractivity contribution in [2.45, 2.75) is 47.6 Å². The Morgan fingerprint density at radius 1 is 1.27 bits per heavy atom. The van der Waals surface area contributed by atoms with Gasteiger partial charge in [-0.05, 0) is 33.8 Å². The van der Waals surface area contributed by atoms with Gasteiger partial charge in [0.1, 0.15) is 0 Å². The van der Waals surface area contributed by atoms with E-state index in [1.165, 1.54) is 0 Å². The molecule has 1 N–H and O–H groups in total. The fourth-order valence-electron chi connectivity index (χ4n) is 2.20. The minimum atomic E-state index is -0.120. The van der Waals surface area contributed by atoms with Gasteiger partial charge in [-0.3, -0.25) is 4.79 Å². The lowest BCUT2D eigenvalue weighted by molar-refractivity contribution is 0.0941. The zero-order chi connectivity index (χ0) is 16.7. The molecule has 0 saturated heterocycles. The molecule has 0 atom stereocenters. The Bertz CT molecular complexity index is 636. The molecule has 0 aliphatic rings. The average molecular weight is 302 g/mol. The number of hydrogen-bond acceptors (Lipinski definition) is 3. The monoisotopic (exact) mass is 302 g/mol. The molecule has 4 nitrogen and oxygen atoms in total. The Kier molecular flexibility index (Phi) is 6.83. The first-order chi connectivity index (χ1) is 10.5. The van der Waals surface area contributed by atoms with Gasteiger partial charge in [0.25, 0.3) is 5.91 Å². The Hall–Kier alpha value is -2.10. The van der Waals surface area contributed by atoms with E-state index in [9.17, 15) is 4.79 Å². The molecule has 2 rings (SSSR count). The molecule has 0 radical (unpaired) electrons. The number of amides is 1. The number of para-hydroxylation sites is 1. The molecule has 120 valence electrons. The maximum Gasteiger partial charge on any atom is 0.256 e. The molecule has 0 saturated carbocycles. The maximum atomic E-state index is 12.5. The second-order valence-corrected chi connectivity index (χ2v) is 4.98. The van der Waals surface area contributed by atoms with Crippen molar-refractivity contribution in [2.75, 3.05) is 6.61 Å². The lowest BCUT2D eigenvalue weighted by Gasteiger charge is -2.16. The Morgan fingerprint density at radius 2 is 1.91 bits per heavy atom. The predicted molar refractivity (Wildman–Crippen MR) is 91.6 cm³/mol. The Balaban J connectivity index is 0.00000116. The van der Waals surface area contributed by atoms with Gasteiger partial charge < -0.3 is 10.1 Å². The van der Waals surface area contributed by atoms with Crippen LogP contribution in [0.5, 0.6) is 5.75 Å². The van der Waals surface area contributed by atoms with Crippen molar-refractivity contribution in [1.82, 2.24) is 10.3 Å². The second kappa shape index (κ2) is 8.37. The number of hydrogen-bond donors (Lipinski definition) is 1. The Morgan fingerprint density at radius 3 is 2.50 bits per heavy atom. The van der Waals surface area contributed by atoms with Crippen LogP contribution in [-0.2, 0) is 0 Å². The molecule has 1 amide bonds. The first-order valence-electron chi connectivity index (χ1n) is 7.87. The van der Waals surface area contributed by atoms with Crippen LogP contribution in [0, 0.1) is 6.92 Å². The van der Waals surface area contributed by atoms with E-state index in [0.29, 0.717) is 17.9 Å². The minimum Gasteiger partial charge on any atom is -0.491 e. The van der Waals surface area contributed by atoms with Gasteiger partial charge >= 0.3 is 0 Å². The Labute approximate surface area is 132 Å². The van der Waals surface area contributed by atoms with Crippen molar-refractivity contribution in [3.8, 4) is 5.75 Å². The fourth-order valence-corrected chi connectivity index (χ4v) is 2.20. The number of aryl methyl sites for hydroxylation is 1. The summed E-state index contributed by atoms with van der Waals surface area (Å²) in [7, 11) is 0. The number of rotatable bonds is 4.